The van der Waals surface area contributed by atoms with E-state index in [0.29, 0.717) is 29.7 Å². The Morgan fingerprint density at radius 2 is 0.959 bits per heavy atom. The number of thiol groups is 2. The van der Waals surface area contributed by atoms with Gasteiger partial charge in [0.25, 0.3) is 0 Å². The van der Waals surface area contributed by atoms with Crippen molar-refractivity contribution in [2.45, 2.75) is 172 Å². The molecule has 1 aliphatic rings. The highest BCUT2D eigenvalue weighted by Gasteiger charge is 2.41. The van der Waals surface area contributed by atoms with E-state index >= 15 is 0 Å². The van der Waals surface area contributed by atoms with Gasteiger partial charge in [0, 0.05) is 30.9 Å². The molecular weight excluding hydrogens is 1330 g/mol. The highest BCUT2D eigenvalue weighted by atomic mass is 32.2. The van der Waals surface area contributed by atoms with E-state index in [1.807, 2.05) is 6.26 Å². The summed E-state index contributed by atoms with van der Waals surface area (Å²) >= 11 is 9.90. The lowest BCUT2D eigenvalue weighted by Gasteiger charge is -2.30. The van der Waals surface area contributed by atoms with Crippen LogP contribution >= 0.6 is 37.0 Å². The van der Waals surface area contributed by atoms with Gasteiger partial charge in [0.2, 0.25) is 76.8 Å². The number of thioether (sulfide) groups is 1. The van der Waals surface area contributed by atoms with Crippen LogP contribution in [0.15, 0.2) is 60.7 Å². The predicted molar refractivity (Wildman–Crippen MR) is 370 cm³/mol. The third-order valence-electron chi connectivity index (χ3n) is 15.6. The highest BCUT2D eigenvalue weighted by Crippen LogP contribution is 2.20. The molecular formula is C64H98N14O17S3. The van der Waals surface area contributed by atoms with Gasteiger partial charge >= 0.3 is 5.97 Å². The molecule has 34 heteroatoms. The number of rotatable bonds is 41. The molecule has 13 amide bonds. The number of nitrogens with two attached hydrogens (primary N) is 1. The summed E-state index contributed by atoms with van der Waals surface area (Å²) in [7, 11) is 0. The Labute approximate surface area is 585 Å². The molecule has 13 atom stereocenters. The van der Waals surface area contributed by atoms with E-state index in [2.05, 4.69) is 89.1 Å². The van der Waals surface area contributed by atoms with Gasteiger partial charge in [-0.25, -0.2) is 4.79 Å². The van der Waals surface area contributed by atoms with Gasteiger partial charge in [-0.2, -0.15) is 37.0 Å². The number of likely N-dealkylation sites (tertiary alicyclic amines) is 1. The van der Waals surface area contributed by atoms with Crippen LogP contribution in [0.25, 0.3) is 0 Å². The van der Waals surface area contributed by atoms with Crippen molar-refractivity contribution < 1.29 is 82.4 Å². The van der Waals surface area contributed by atoms with Crippen LogP contribution in [-0.4, -0.2) is 231 Å². The van der Waals surface area contributed by atoms with Crippen molar-refractivity contribution in [1.82, 2.24) is 68.7 Å². The Bertz CT molecular complexity index is 3050. The molecule has 0 bridgehead atoms. The number of nitrogens with one attached hydrogen (secondary N) is 12. The van der Waals surface area contributed by atoms with Crippen LogP contribution in [0, 0.1) is 17.8 Å². The van der Waals surface area contributed by atoms with Crippen molar-refractivity contribution in [3.63, 3.8) is 0 Å². The van der Waals surface area contributed by atoms with Crippen LogP contribution in [0.1, 0.15) is 92.2 Å². The molecule has 0 saturated carbocycles. The summed E-state index contributed by atoms with van der Waals surface area (Å²) in [5.41, 5.74) is 7.17. The topological polar surface area (TPSA) is 473 Å². The third-order valence-corrected chi connectivity index (χ3v) is 17.0. The lowest BCUT2D eigenvalue weighted by Crippen LogP contribution is -2.62. The van der Waals surface area contributed by atoms with Gasteiger partial charge in [0.15, 0.2) is 0 Å². The Hall–Kier alpha value is -8.05. The van der Waals surface area contributed by atoms with Crippen LogP contribution < -0.4 is 69.5 Å². The van der Waals surface area contributed by atoms with E-state index in [0.717, 1.165) is 4.90 Å². The van der Waals surface area contributed by atoms with Gasteiger partial charge in [-0.05, 0) is 80.4 Å². The number of carbonyl (C=O) groups is 14. The Balaban J connectivity index is 1.65. The van der Waals surface area contributed by atoms with Gasteiger partial charge in [-0.1, -0.05) is 102 Å². The molecule has 17 N–H and O–H groups in total. The van der Waals surface area contributed by atoms with E-state index in [1.165, 1.54) is 25.6 Å². The zero-order valence-electron chi connectivity index (χ0n) is 56.6. The van der Waals surface area contributed by atoms with Crippen molar-refractivity contribution in [2.24, 2.45) is 23.5 Å². The van der Waals surface area contributed by atoms with Crippen LogP contribution in [0.5, 0.6) is 0 Å². The van der Waals surface area contributed by atoms with E-state index in [4.69, 9.17) is 5.73 Å². The van der Waals surface area contributed by atoms with Gasteiger partial charge < -0.3 is 89.8 Å². The first kappa shape index (κ1) is 84.2. The number of amides is 13. The fraction of sp³-hybridized carbons (Fsp3) is 0.594. The molecule has 0 spiro atoms. The minimum Gasteiger partial charge on any atom is -0.480 e. The maximum Gasteiger partial charge on any atom is 0.326 e. The van der Waals surface area contributed by atoms with E-state index in [9.17, 15) is 82.4 Å². The Morgan fingerprint density at radius 1 is 0.520 bits per heavy atom. The van der Waals surface area contributed by atoms with Crippen molar-refractivity contribution in [2.75, 3.05) is 49.8 Å². The van der Waals surface area contributed by atoms with E-state index in [1.54, 1.807) is 102 Å². The molecule has 1 aliphatic heterocycles. The van der Waals surface area contributed by atoms with Crippen LogP contribution in [0.2, 0.25) is 0 Å². The first-order valence-corrected chi connectivity index (χ1v) is 34.9. The summed E-state index contributed by atoms with van der Waals surface area (Å²) in [5.74, 6) is -13.6. The number of nitrogens with zero attached hydrogens (tertiary/aromatic N) is 1. The molecule has 3 rings (SSSR count). The fourth-order valence-electron chi connectivity index (χ4n) is 9.99. The molecule has 544 valence electrons. The molecule has 2 aromatic carbocycles. The number of aliphatic carboxylic acids is 1. The number of carbonyl (C=O) groups excluding carboxylic acids is 13. The number of hydrogen-bond acceptors (Lipinski definition) is 20. The monoisotopic (exact) mass is 1430 g/mol. The minimum absolute atomic E-state index is 0.0196. The van der Waals surface area contributed by atoms with Gasteiger partial charge in [-0.15, -0.1) is 0 Å². The van der Waals surface area contributed by atoms with Crippen LogP contribution in [0.4, 0.5) is 0 Å². The maximum absolute atomic E-state index is 14.3. The van der Waals surface area contributed by atoms with Crippen molar-refractivity contribution in [1.29, 1.82) is 0 Å². The van der Waals surface area contributed by atoms with Crippen LogP contribution in [0.3, 0.4) is 0 Å². The summed E-state index contributed by atoms with van der Waals surface area (Å²) in [5, 5.41) is 60.1. The quantitative estimate of drug-likeness (QED) is 0.0285. The van der Waals surface area contributed by atoms with Crippen molar-refractivity contribution in [3.05, 3.63) is 71.8 Å². The average molecular weight is 1430 g/mol. The summed E-state index contributed by atoms with van der Waals surface area (Å²) in [6, 6.07) is -0.268. The second-order valence-electron chi connectivity index (χ2n) is 24.8. The maximum atomic E-state index is 14.3. The zero-order chi connectivity index (χ0) is 73.5. The molecule has 1 fully saturated rings. The number of aliphatic hydroxyl groups excluding tert-OH is 2. The summed E-state index contributed by atoms with van der Waals surface area (Å²) < 4.78 is 0. The molecule has 98 heavy (non-hydrogen) atoms. The Morgan fingerprint density at radius 3 is 1.44 bits per heavy atom. The molecule has 1 saturated heterocycles. The smallest absolute Gasteiger partial charge is 0.326 e. The van der Waals surface area contributed by atoms with Gasteiger partial charge in [-0.3, -0.25) is 62.3 Å². The first-order chi connectivity index (χ1) is 46.3. The first-order valence-electron chi connectivity index (χ1n) is 32.2. The molecule has 2 aromatic rings. The second kappa shape index (κ2) is 42.7. The predicted octanol–water partition coefficient (Wildman–Crippen LogP) is -3.68. The lowest BCUT2D eigenvalue weighted by atomic mass is 10.0. The minimum atomic E-state index is -1.66. The average Bonchev–Trinajstić information content (AvgIpc) is 1.61. The number of carboxylic acids is 1. The molecule has 1 heterocycles. The molecule has 0 radical (unpaired) electrons. The van der Waals surface area contributed by atoms with E-state index < -0.39 is 193 Å². The van der Waals surface area contributed by atoms with Gasteiger partial charge in [0.05, 0.1) is 25.8 Å². The standard InChI is InChI=1S/C64H98N14O17S3/c1-33(2)25-41(56(86)67-37(8)53(83)76-50(34(3)4)61(91)74-46(31-96)55(85)66-28-49(81)69-43(64(94)95)27-39-19-14-11-15-20-39)70-52(82)36(7)68-59(89)47(32-97)75-62(92)51(35(5)6)77-57(87)42(26-38-17-12-10-13-18-38)71-58(88)44(29-79)72-60(90)48-21-16-23-78(48)63(93)45(30-80)73-54(84)40(65)22-24-98-9/h10-15,17-20,33-37,40-48,50-51,79-80,96-97H,16,21-32,65H2,1-9H3,(H,66,85)(H,67,86)(H,68,89)(H,69,81)(H,70,82)(H,71,88)(H,72,90)(H,73,84)(H,74,91)(H,75,92)(H,76,83)(H,77,87)(H,94,95)/t36-,37-,40-,41-,42-,43-,44-,45-,46-,47-,48-,50-,51-/m0/s1. The molecule has 0 aromatic heterocycles. The molecule has 0 unspecified atom stereocenters. The summed E-state index contributed by atoms with van der Waals surface area (Å²) in [4.78, 5) is 190. The second-order valence-corrected chi connectivity index (χ2v) is 26.5. The Kier molecular flexibility index (Phi) is 36.7. The highest BCUT2D eigenvalue weighted by molar-refractivity contribution is 7.98. The van der Waals surface area contributed by atoms with Crippen molar-refractivity contribution in [3.8, 4) is 0 Å². The zero-order valence-corrected chi connectivity index (χ0v) is 59.2. The third kappa shape index (κ3) is 27.7. The number of carboxylic acid groups (broad SMARTS) is 1. The lowest BCUT2D eigenvalue weighted by molar-refractivity contribution is -0.143. The largest absolute Gasteiger partial charge is 0.480 e. The van der Waals surface area contributed by atoms with Crippen LogP contribution in [-0.2, 0) is 80.0 Å². The number of aliphatic hydroxyl groups is 2. The van der Waals surface area contributed by atoms with Crippen molar-refractivity contribution >= 4 is 120 Å². The summed E-state index contributed by atoms with van der Waals surface area (Å²) in [6.45, 7) is 10.3. The normalized spacial score (nSPS) is 16.5. The number of benzene rings is 2. The van der Waals surface area contributed by atoms with E-state index in [-0.39, 0.29) is 49.7 Å². The summed E-state index contributed by atoms with van der Waals surface area (Å²) in [6.07, 6.45) is 2.50. The fourth-order valence-corrected chi connectivity index (χ4v) is 11.0. The van der Waals surface area contributed by atoms with Gasteiger partial charge in [0.1, 0.15) is 72.5 Å². The molecule has 31 nitrogen and oxygen atoms in total. The SMILES string of the molecule is CSCC[C@H](N)C(=O)N[C@@H](CO)C(=O)N1CCC[C@H]1C(=O)N[C@@H](CO)C(=O)N[C@@H](Cc1ccccc1)C(=O)N[C@H](C(=O)N[C@@H](CS)C(=O)N[C@@H](C)C(=O)N[C@@H](CC(C)C)C(=O)N[C@@H](C)C(=O)N[C@H](C(=O)N[C@@H](CS)C(=O)NCC(=O)N[C@@H](Cc1ccccc1)C(=O)O)C(C)C)C(C)C. The number of hydrogen-bond donors (Lipinski definition) is 18. The molecule has 0 aliphatic carbocycles.